The zero-order valence-electron chi connectivity index (χ0n) is 9.66. The number of hydrogen-bond acceptors (Lipinski definition) is 2. The summed E-state index contributed by atoms with van der Waals surface area (Å²) >= 11 is 0. The molecule has 0 spiro atoms. The first-order chi connectivity index (χ1) is 8.15. The van der Waals surface area contributed by atoms with E-state index in [-0.39, 0.29) is 11.7 Å². The zero-order chi connectivity index (χ0) is 12.3. The van der Waals surface area contributed by atoms with Crippen LogP contribution in [0.3, 0.4) is 0 Å². The van der Waals surface area contributed by atoms with Gasteiger partial charge in [-0.3, -0.25) is 4.79 Å². The summed E-state index contributed by atoms with van der Waals surface area (Å²) in [5, 5.41) is 3.29. The van der Waals surface area contributed by atoms with E-state index in [4.69, 9.17) is 5.73 Å². The summed E-state index contributed by atoms with van der Waals surface area (Å²) in [5.74, 6) is 0.0535. The highest BCUT2D eigenvalue weighted by Gasteiger charge is 2.29. The van der Waals surface area contributed by atoms with Crippen LogP contribution in [0.1, 0.15) is 30.7 Å². The summed E-state index contributed by atoms with van der Waals surface area (Å²) in [7, 11) is 0. The van der Waals surface area contributed by atoms with Crippen molar-refractivity contribution in [3.8, 4) is 0 Å². The Morgan fingerprint density at radius 2 is 2.00 bits per heavy atom. The van der Waals surface area contributed by atoms with Crippen molar-refractivity contribution in [1.82, 2.24) is 5.32 Å². The second-order valence-corrected chi connectivity index (χ2v) is 4.59. The van der Waals surface area contributed by atoms with Gasteiger partial charge in [0.2, 0.25) is 5.91 Å². The van der Waals surface area contributed by atoms with Crippen molar-refractivity contribution in [2.24, 2.45) is 5.73 Å². The van der Waals surface area contributed by atoms with Gasteiger partial charge in [-0.15, -0.1) is 0 Å². The SMILES string of the molecule is NC(=O)CCNC1CC(c2ccc(F)cc2)C1. The number of halogens is 1. The van der Waals surface area contributed by atoms with Gasteiger partial charge >= 0.3 is 0 Å². The summed E-state index contributed by atoms with van der Waals surface area (Å²) in [5.41, 5.74) is 6.25. The minimum absolute atomic E-state index is 0.191. The van der Waals surface area contributed by atoms with E-state index in [1.54, 1.807) is 0 Å². The zero-order valence-corrected chi connectivity index (χ0v) is 9.66. The van der Waals surface area contributed by atoms with Gasteiger partial charge in [-0.1, -0.05) is 12.1 Å². The van der Waals surface area contributed by atoms with Gasteiger partial charge in [0.1, 0.15) is 5.82 Å². The molecule has 0 unspecified atom stereocenters. The largest absolute Gasteiger partial charge is 0.370 e. The average Bonchev–Trinajstić information content (AvgIpc) is 2.23. The molecular formula is C13H17FN2O. The average molecular weight is 236 g/mol. The lowest BCUT2D eigenvalue weighted by Crippen LogP contribution is -2.41. The molecule has 92 valence electrons. The Hall–Kier alpha value is -1.42. The summed E-state index contributed by atoms with van der Waals surface area (Å²) in [4.78, 5) is 10.6. The van der Waals surface area contributed by atoms with Gasteiger partial charge in [0.25, 0.3) is 0 Å². The second kappa shape index (κ2) is 5.27. The van der Waals surface area contributed by atoms with Crippen LogP contribution in [0.15, 0.2) is 24.3 Å². The molecule has 3 nitrogen and oxygen atoms in total. The maximum atomic E-state index is 12.7. The normalized spacial score (nSPS) is 23.1. The molecule has 4 heteroatoms. The number of carbonyl (C=O) groups excluding carboxylic acids is 1. The van der Waals surface area contributed by atoms with Gasteiger partial charge in [0, 0.05) is 19.0 Å². The Kier molecular flexibility index (Phi) is 3.74. The standard InChI is InChI=1S/C13H17FN2O/c14-11-3-1-9(2-4-11)10-7-12(8-10)16-6-5-13(15)17/h1-4,10,12,16H,5-8H2,(H2,15,17). The van der Waals surface area contributed by atoms with Gasteiger partial charge in [-0.25, -0.2) is 4.39 Å². The first-order valence-electron chi connectivity index (χ1n) is 5.92. The van der Waals surface area contributed by atoms with Gasteiger partial charge in [0.05, 0.1) is 0 Å². The molecule has 1 aliphatic rings. The molecule has 0 aromatic heterocycles. The molecule has 1 aliphatic carbocycles. The molecule has 1 aromatic rings. The second-order valence-electron chi connectivity index (χ2n) is 4.59. The van der Waals surface area contributed by atoms with E-state index < -0.39 is 0 Å². The van der Waals surface area contributed by atoms with Crippen LogP contribution in [-0.2, 0) is 4.79 Å². The van der Waals surface area contributed by atoms with E-state index in [1.165, 1.54) is 17.7 Å². The fourth-order valence-corrected chi connectivity index (χ4v) is 2.19. The van der Waals surface area contributed by atoms with E-state index in [0.717, 1.165) is 12.8 Å². The van der Waals surface area contributed by atoms with E-state index in [1.807, 2.05) is 12.1 Å². The van der Waals surface area contributed by atoms with Crippen LogP contribution >= 0.6 is 0 Å². The van der Waals surface area contributed by atoms with Crippen molar-refractivity contribution in [3.05, 3.63) is 35.6 Å². The first kappa shape index (κ1) is 12.0. The number of primary amides is 1. The number of hydrogen-bond donors (Lipinski definition) is 2. The van der Waals surface area contributed by atoms with Crippen molar-refractivity contribution >= 4 is 5.91 Å². The predicted octanol–water partition coefficient (Wildman–Crippen LogP) is 1.54. The molecule has 17 heavy (non-hydrogen) atoms. The van der Waals surface area contributed by atoms with Crippen molar-refractivity contribution < 1.29 is 9.18 Å². The third-order valence-electron chi connectivity index (χ3n) is 3.28. The van der Waals surface area contributed by atoms with Crippen LogP contribution in [0, 0.1) is 5.82 Å². The summed E-state index contributed by atoms with van der Waals surface area (Å²) in [6, 6.07) is 7.16. The third kappa shape index (κ3) is 3.27. The van der Waals surface area contributed by atoms with E-state index in [0.29, 0.717) is 24.9 Å². The summed E-state index contributed by atoms with van der Waals surface area (Å²) < 4.78 is 12.7. The van der Waals surface area contributed by atoms with Crippen molar-refractivity contribution in [1.29, 1.82) is 0 Å². The molecule has 3 N–H and O–H groups in total. The lowest BCUT2D eigenvalue weighted by molar-refractivity contribution is -0.117. The van der Waals surface area contributed by atoms with Crippen molar-refractivity contribution in [2.75, 3.05) is 6.54 Å². The molecule has 1 fully saturated rings. The highest BCUT2D eigenvalue weighted by molar-refractivity contribution is 5.73. The molecule has 0 aliphatic heterocycles. The summed E-state index contributed by atoms with van der Waals surface area (Å²) in [6.45, 7) is 0.649. The van der Waals surface area contributed by atoms with Crippen LogP contribution in [0.5, 0.6) is 0 Å². The first-order valence-corrected chi connectivity index (χ1v) is 5.92. The lowest BCUT2D eigenvalue weighted by Gasteiger charge is -2.36. The Bertz CT molecular complexity index is 385. The van der Waals surface area contributed by atoms with Crippen LogP contribution in [-0.4, -0.2) is 18.5 Å². The maximum absolute atomic E-state index is 12.7. The smallest absolute Gasteiger partial charge is 0.218 e. The quantitative estimate of drug-likeness (QED) is 0.814. The Morgan fingerprint density at radius 1 is 1.35 bits per heavy atom. The van der Waals surface area contributed by atoms with Crippen LogP contribution in [0.25, 0.3) is 0 Å². The topological polar surface area (TPSA) is 55.1 Å². The molecule has 1 saturated carbocycles. The fraction of sp³-hybridized carbons (Fsp3) is 0.462. The van der Waals surface area contributed by atoms with Gasteiger partial charge < -0.3 is 11.1 Å². The number of rotatable bonds is 5. The van der Waals surface area contributed by atoms with Crippen molar-refractivity contribution in [2.45, 2.75) is 31.2 Å². The molecule has 2 rings (SSSR count). The fourth-order valence-electron chi connectivity index (χ4n) is 2.19. The van der Waals surface area contributed by atoms with Crippen LogP contribution in [0.4, 0.5) is 4.39 Å². The molecule has 0 saturated heterocycles. The highest BCUT2D eigenvalue weighted by atomic mass is 19.1. The summed E-state index contributed by atoms with van der Waals surface area (Å²) in [6.07, 6.45) is 2.48. The number of nitrogens with one attached hydrogen (secondary N) is 1. The minimum atomic E-state index is -0.271. The van der Waals surface area contributed by atoms with Crippen LogP contribution < -0.4 is 11.1 Å². The van der Waals surface area contributed by atoms with Crippen molar-refractivity contribution in [3.63, 3.8) is 0 Å². The lowest BCUT2D eigenvalue weighted by atomic mass is 9.76. The molecule has 0 heterocycles. The number of benzene rings is 1. The van der Waals surface area contributed by atoms with E-state index in [2.05, 4.69) is 5.32 Å². The molecule has 0 radical (unpaired) electrons. The van der Waals surface area contributed by atoms with Crippen LogP contribution in [0.2, 0.25) is 0 Å². The van der Waals surface area contributed by atoms with E-state index >= 15 is 0 Å². The number of nitrogens with two attached hydrogens (primary N) is 1. The Morgan fingerprint density at radius 3 is 2.59 bits per heavy atom. The van der Waals surface area contributed by atoms with Gasteiger partial charge in [-0.05, 0) is 36.5 Å². The monoisotopic (exact) mass is 236 g/mol. The maximum Gasteiger partial charge on any atom is 0.218 e. The molecular weight excluding hydrogens is 219 g/mol. The predicted molar refractivity (Wildman–Crippen MR) is 64.0 cm³/mol. The Balaban J connectivity index is 1.71. The third-order valence-corrected chi connectivity index (χ3v) is 3.28. The van der Waals surface area contributed by atoms with E-state index in [9.17, 15) is 9.18 Å². The Labute approximate surface area is 100 Å². The number of carbonyl (C=O) groups is 1. The minimum Gasteiger partial charge on any atom is -0.370 e. The molecule has 0 bridgehead atoms. The highest BCUT2D eigenvalue weighted by Crippen LogP contribution is 2.36. The van der Waals surface area contributed by atoms with Gasteiger partial charge in [-0.2, -0.15) is 0 Å². The number of amides is 1. The van der Waals surface area contributed by atoms with Gasteiger partial charge in [0.15, 0.2) is 0 Å². The molecule has 0 atom stereocenters. The molecule has 1 aromatic carbocycles. The molecule has 1 amide bonds.